The number of hydrogen-bond donors (Lipinski definition) is 1. The standard InChI is InChI=1S/C14H21NO2/c1-9-6-11(3)13(7-10(9)2)12(4)15-14(16)8-17-5/h6-7,12H,8H2,1-5H3,(H,15,16). The molecule has 1 rings (SSSR count). The highest BCUT2D eigenvalue weighted by molar-refractivity contribution is 5.77. The summed E-state index contributed by atoms with van der Waals surface area (Å²) in [4.78, 5) is 11.5. The molecule has 0 saturated carbocycles. The Morgan fingerprint density at radius 1 is 1.24 bits per heavy atom. The summed E-state index contributed by atoms with van der Waals surface area (Å²) in [6, 6.07) is 4.31. The van der Waals surface area contributed by atoms with Gasteiger partial charge in [-0.25, -0.2) is 0 Å². The van der Waals surface area contributed by atoms with Crippen molar-refractivity contribution in [1.82, 2.24) is 5.32 Å². The molecular formula is C14H21NO2. The molecule has 0 bridgehead atoms. The Kier molecular flexibility index (Phi) is 4.70. The number of methoxy groups -OCH3 is 1. The molecule has 3 heteroatoms. The van der Waals surface area contributed by atoms with Crippen LogP contribution in [0.1, 0.15) is 35.2 Å². The summed E-state index contributed by atoms with van der Waals surface area (Å²) >= 11 is 0. The molecule has 0 aliphatic rings. The molecule has 0 saturated heterocycles. The lowest BCUT2D eigenvalue weighted by Crippen LogP contribution is -2.30. The number of aryl methyl sites for hydroxylation is 3. The van der Waals surface area contributed by atoms with Crippen molar-refractivity contribution in [2.24, 2.45) is 0 Å². The number of benzene rings is 1. The smallest absolute Gasteiger partial charge is 0.246 e. The van der Waals surface area contributed by atoms with Gasteiger partial charge in [-0.3, -0.25) is 4.79 Å². The molecule has 1 amide bonds. The average Bonchev–Trinajstić information content (AvgIpc) is 2.23. The molecule has 0 aliphatic carbocycles. The Bertz CT molecular complexity index is 413. The van der Waals surface area contributed by atoms with Crippen molar-refractivity contribution >= 4 is 5.91 Å². The number of ether oxygens (including phenoxy) is 1. The van der Waals surface area contributed by atoms with Crippen molar-refractivity contribution in [3.8, 4) is 0 Å². The Morgan fingerprint density at radius 2 is 1.82 bits per heavy atom. The van der Waals surface area contributed by atoms with Gasteiger partial charge in [-0.05, 0) is 49.9 Å². The number of amides is 1. The molecule has 1 atom stereocenters. The molecule has 0 aromatic heterocycles. The summed E-state index contributed by atoms with van der Waals surface area (Å²) in [5, 5.41) is 2.92. The molecule has 1 aromatic rings. The van der Waals surface area contributed by atoms with E-state index in [0.717, 1.165) is 5.56 Å². The second-order valence-electron chi connectivity index (χ2n) is 4.52. The Balaban J connectivity index is 2.85. The first-order valence-electron chi connectivity index (χ1n) is 5.81. The van der Waals surface area contributed by atoms with Gasteiger partial charge in [0.25, 0.3) is 0 Å². The molecule has 1 N–H and O–H groups in total. The number of rotatable bonds is 4. The predicted octanol–water partition coefficient (Wildman–Crippen LogP) is 2.44. The fraction of sp³-hybridized carbons (Fsp3) is 0.500. The molecule has 1 unspecified atom stereocenters. The fourth-order valence-corrected chi connectivity index (χ4v) is 1.94. The van der Waals surface area contributed by atoms with Crippen molar-refractivity contribution < 1.29 is 9.53 Å². The van der Waals surface area contributed by atoms with Gasteiger partial charge >= 0.3 is 0 Å². The van der Waals surface area contributed by atoms with Gasteiger partial charge in [0.05, 0.1) is 6.04 Å². The highest BCUT2D eigenvalue weighted by Crippen LogP contribution is 2.21. The van der Waals surface area contributed by atoms with Crippen LogP contribution in [0.25, 0.3) is 0 Å². The summed E-state index contributed by atoms with van der Waals surface area (Å²) in [5.41, 5.74) is 4.90. The van der Waals surface area contributed by atoms with Crippen LogP contribution in [0.2, 0.25) is 0 Å². The lowest BCUT2D eigenvalue weighted by atomic mass is 9.96. The van der Waals surface area contributed by atoms with Crippen molar-refractivity contribution in [2.45, 2.75) is 33.7 Å². The number of carbonyl (C=O) groups excluding carboxylic acids is 1. The maximum Gasteiger partial charge on any atom is 0.246 e. The quantitative estimate of drug-likeness (QED) is 0.870. The van der Waals surface area contributed by atoms with Crippen LogP contribution in [0.4, 0.5) is 0 Å². The van der Waals surface area contributed by atoms with Crippen molar-refractivity contribution in [3.05, 3.63) is 34.4 Å². The van der Waals surface area contributed by atoms with Gasteiger partial charge in [0.2, 0.25) is 5.91 Å². The molecule has 0 aliphatic heterocycles. The largest absolute Gasteiger partial charge is 0.375 e. The Morgan fingerprint density at radius 3 is 2.41 bits per heavy atom. The summed E-state index contributed by atoms with van der Waals surface area (Å²) < 4.78 is 4.80. The van der Waals surface area contributed by atoms with E-state index in [-0.39, 0.29) is 18.6 Å². The molecule has 0 radical (unpaired) electrons. The SMILES string of the molecule is COCC(=O)NC(C)c1cc(C)c(C)cc1C. The zero-order valence-electron chi connectivity index (χ0n) is 11.3. The van der Waals surface area contributed by atoms with Crippen molar-refractivity contribution in [3.63, 3.8) is 0 Å². The van der Waals surface area contributed by atoms with E-state index in [1.807, 2.05) is 6.92 Å². The lowest BCUT2D eigenvalue weighted by molar-refractivity contribution is -0.125. The molecular weight excluding hydrogens is 214 g/mol. The summed E-state index contributed by atoms with van der Waals surface area (Å²) in [6.45, 7) is 8.35. The molecule has 3 nitrogen and oxygen atoms in total. The van der Waals surface area contributed by atoms with Crippen LogP contribution < -0.4 is 5.32 Å². The Labute approximate surface area is 103 Å². The Hall–Kier alpha value is -1.35. The highest BCUT2D eigenvalue weighted by atomic mass is 16.5. The molecule has 94 valence electrons. The van der Waals surface area contributed by atoms with E-state index in [4.69, 9.17) is 4.74 Å². The van der Waals surface area contributed by atoms with Gasteiger partial charge in [0.1, 0.15) is 6.61 Å². The van der Waals surface area contributed by atoms with Crippen molar-refractivity contribution in [2.75, 3.05) is 13.7 Å². The van der Waals surface area contributed by atoms with Crippen LogP contribution in [0.5, 0.6) is 0 Å². The molecule has 17 heavy (non-hydrogen) atoms. The number of carbonyl (C=O) groups is 1. The maximum absolute atomic E-state index is 11.5. The lowest BCUT2D eigenvalue weighted by Gasteiger charge is -2.18. The van der Waals surface area contributed by atoms with Crippen LogP contribution in [0.15, 0.2) is 12.1 Å². The second-order valence-corrected chi connectivity index (χ2v) is 4.52. The molecule has 0 heterocycles. The predicted molar refractivity (Wildman–Crippen MR) is 69.1 cm³/mol. The van der Waals surface area contributed by atoms with Gasteiger partial charge < -0.3 is 10.1 Å². The van der Waals surface area contributed by atoms with E-state index < -0.39 is 0 Å². The first-order chi connectivity index (χ1) is 7.95. The minimum Gasteiger partial charge on any atom is -0.375 e. The molecule has 1 aromatic carbocycles. The van der Waals surface area contributed by atoms with Crippen LogP contribution >= 0.6 is 0 Å². The third kappa shape index (κ3) is 3.56. The van der Waals surface area contributed by atoms with E-state index in [2.05, 4.69) is 38.2 Å². The van der Waals surface area contributed by atoms with Gasteiger partial charge in [-0.1, -0.05) is 12.1 Å². The fourth-order valence-electron chi connectivity index (χ4n) is 1.94. The van der Waals surface area contributed by atoms with Gasteiger partial charge in [-0.2, -0.15) is 0 Å². The zero-order chi connectivity index (χ0) is 13.0. The topological polar surface area (TPSA) is 38.3 Å². The van der Waals surface area contributed by atoms with Crippen LogP contribution in [-0.2, 0) is 9.53 Å². The van der Waals surface area contributed by atoms with E-state index in [9.17, 15) is 4.79 Å². The first-order valence-corrected chi connectivity index (χ1v) is 5.81. The third-order valence-electron chi connectivity index (χ3n) is 3.00. The summed E-state index contributed by atoms with van der Waals surface area (Å²) in [6.07, 6.45) is 0. The third-order valence-corrected chi connectivity index (χ3v) is 3.00. The minimum atomic E-state index is -0.0855. The normalized spacial score (nSPS) is 12.3. The van der Waals surface area contributed by atoms with E-state index in [1.54, 1.807) is 0 Å². The monoisotopic (exact) mass is 235 g/mol. The zero-order valence-corrected chi connectivity index (χ0v) is 11.3. The second kappa shape index (κ2) is 5.82. The molecule has 0 fully saturated rings. The molecule has 0 spiro atoms. The average molecular weight is 235 g/mol. The minimum absolute atomic E-state index is 0.0111. The van der Waals surface area contributed by atoms with E-state index in [1.165, 1.54) is 23.8 Å². The summed E-state index contributed by atoms with van der Waals surface area (Å²) in [7, 11) is 1.52. The van der Waals surface area contributed by atoms with Gasteiger partial charge in [0.15, 0.2) is 0 Å². The van der Waals surface area contributed by atoms with Crippen LogP contribution in [0.3, 0.4) is 0 Å². The van der Waals surface area contributed by atoms with Gasteiger partial charge in [0, 0.05) is 7.11 Å². The van der Waals surface area contributed by atoms with E-state index >= 15 is 0 Å². The maximum atomic E-state index is 11.5. The van der Waals surface area contributed by atoms with Crippen LogP contribution in [0, 0.1) is 20.8 Å². The first kappa shape index (κ1) is 13.7. The summed E-state index contributed by atoms with van der Waals surface area (Å²) in [5.74, 6) is -0.0855. The van der Waals surface area contributed by atoms with Gasteiger partial charge in [-0.15, -0.1) is 0 Å². The van der Waals surface area contributed by atoms with Crippen molar-refractivity contribution in [1.29, 1.82) is 0 Å². The number of hydrogen-bond acceptors (Lipinski definition) is 2. The number of nitrogens with one attached hydrogen (secondary N) is 1. The van der Waals surface area contributed by atoms with Crippen LogP contribution in [-0.4, -0.2) is 19.6 Å². The highest BCUT2D eigenvalue weighted by Gasteiger charge is 2.12. The van der Waals surface area contributed by atoms with E-state index in [0.29, 0.717) is 0 Å².